The van der Waals surface area contributed by atoms with Crippen molar-refractivity contribution in [2.75, 3.05) is 20.1 Å². The van der Waals surface area contributed by atoms with Crippen LogP contribution in [0.2, 0.25) is 0 Å². The lowest BCUT2D eigenvalue weighted by Crippen LogP contribution is -2.38. The molecule has 0 bridgehead atoms. The van der Waals surface area contributed by atoms with Gasteiger partial charge in [0.2, 0.25) is 0 Å². The zero-order valence-electron chi connectivity index (χ0n) is 9.11. The van der Waals surface area contributed by atoms with Crippen molar-refractivity contribution >= 4 is 5.96 Å². The zero-order valence-corrected chi connectivity index (χ0v) is 9.11. The van der Waals surface area contributed by atoms with Crippen molar-refractivity contribution in [3.8, 4) is 0 Å². The van der Waals surface area contributed by atoms with Gasteiger partial charge in [0.25, 0.3) is 0 Å². The molecule has 1 aromatic rings. The van der Waals surface area contributed by atoms with Crippen LogP contribution in [0.15, 0.2) is 29.3 Å². The van der Waals surface area contributed by atoms with Crippen LogP contribution in [0.5, 0.6) is 0 Å². The molecule has 15 heavy (non-hydrogen) atoms. The third kappa shape index (κ3) is 2.12. The van der Waals surface area contributed by atoms with Crippen molar-refractivity contribution < 1.29 is 0 Å². The van der Waals surface area contributed by atoms with Gasteiger partial charge in [-0.3, -0.25) is 4.99 Å². The Hall–Kier alpha value is -1.51. The summed E-state index contributed by atoms with van der Waals surface area (Å²) in [6.45, 7) is 1.94. The fourth-order valence-electron chi connectivity index (χ4n) is 2.04. The van der Waals surface area contributed by atoms with E-state index in [-0.39, 0.29) is 0 Å². The number of benzene rings is 1. The van der Waals surface area contributed by atoms with Gasteiger partial charge in [0.15, 0.2) is 5.96 Å². The fourth-order valence-corrected chi connectivity index (χ4v) is 2.04. The smallest absolute Gasteiger partial charge is 0.190 e. The molecule has 3 heteroatoms. The molecular formula is C12H17N3. The van der Waals surface area contributed by atoms with E-state index < -0.39 is 0 Å². The lowest BCUT2D eigenvalue weighted by atomic mass is 10.0. The zero-order chi connectivity index (χ0) is 10.7. The number of guanidine groups is 1. The van der Waals surface area contributed by atoms with Crippen LogP contribution in [0.1, 0.15) is 11.1 Å². The van der Waals surface area contributed by atoms with Gasteiger partial charge in [-0.25, -0.2) is 0 Å². The Morgan fingerprint density at radius 2 is 1.73 bits per heavy atom. The maximum atomic E-state index is 5.83. The molecule has 80 valence electrons. The maximum absolute atomic E-state index is 5.83. The topological polar surface area (TPSA) is 41.6 Å². The number of hydrogen-bond donors (Lipinski definition) is 1. The maximum Gasteiger partial charge on any atom is 0.190 e. The number of hydrogen-bond acceptors (Lipinski definition) is 1. The normalized spacial score (nSPS) is 17.1. The Morgan fingerprint density at radius 3 is 2.20 bits per heavy atom. The molecule has 1 heterocycles. The van der Waals surface area contributed by atoms with Crippen LogP contribution in [0.25, 0.3) is 0 Å². The second-order valence-electron chi connectivity index (χ2n) is 3.84. The molecular weight excluding hydrogens is 186 g/mol. The van der Waals surface area contributed by atoms with Crippen LogP contribution < -0.4 is 5.73 Å². The lowest BCUT2D eigenvalue weighted by Gasteiger charge is -2.20. The molecule has 2 N–H and O–H groups in total. The Morgan fingerprint density at radius 1 is 1.20 bits per heavy atom. The summed E-state index contributed by atoms with van der Waals surface area (Å²) in [5.41, 5.74) is 8.72. The monoisotopic (exact) mass is 203 g/mol. The molecule has 0 fully saturated rings. The summed E-state index contributed by atoms with van der Waals surface area (Å²) in [4.78, 5) is 6.19. The van der Waals surface area contributed by atoms with Gasteiger partial charge in [0, 0.05) is 20.1 Å². The Balaban J connectivity index is 2.15. The highest BCUT2D eigenvalue weighted by molar-refractivity contribution is 5.78. The predicted octanol–water partition coefficient (Wildman–Crippen LogP) is 1.03. The molecule has 1 aliphatic rings. The van der Waals surface area contributed by atoms with E-state index in [1.54, 1.807) is 7.05 Å². The first-order valence-corrected chi connectivity index (χ1v) is 5.35. The Bertz CT molecular complexity index is 344. The Labute approximate surface area is 90.6 Å². The van der Waals surface area contributed by atoms with Gasteiger partial charge in [-0.05, 0) is 24.0 Å². The van der Waals surface area contributed by atoms with E-state index in [4.69, 9.17) is 5.73 Å². The van der Waals surface area contributed by atoms with Crippen molar-refractivity contribution in [1.29, 1.82) is 0 Å². The highest BCUT2D eigenvalue weighted by atomic mass is 15.2. The summed E-state index contributed by atoms with van der Waals surface area (Å²) < 4.78 is 0. The SMILES string of the molecule is CN=C(N)N1CCc2ccccc2CC1. The van der Waals surface area contributed by atoms with E-state index in [2.05, 4.69) is 34.2 Å². The van der Waals surface area contributed by atoms with Crippen molar-refractivity contribution in [2.24, 2.45) is 10.7 Å². The molecule has 0 spiro atoms. The lowest BCUT2D eigenvalue weighted by molar-refractivity contribution is 0.433. The number of nitrogens with two attached hydrogens (primary N) is 1. The first kappa shape index (κ1) is 10.0. The summed E-state index contributed by atoms with van der Waals surface area (Å²) in [7, 11) is 1.74. The quantitative estimate of drug-likeness (QED) is 0.505. The van der Waals surface area contributed by atoms with E-state index in [1.807, 2.05) is 0 Å². The summed E-state index contributed by atoms with van der Waals surface area (Å²) in [6, 6.07) is 8.62. The van der Waals surface area contributed by atoms with Gasteiger partial charge < -0.3 is 10.6 Å². The highest BCUT2D eigenvalue weighted by Crippen LogP contribution is 2.15. The molecule has 2 rings (SSSR count). The van der Waals surface area contributed by atoms with Crippen LogP contribution in [0, 0.1) is 0 Å². The first-order valence-electron chi connectivity index (χ1n) is 5.35. The van der Waals surface area contributed by atoms with Gasteiger partial charge in [0.1, 0.15) is 0 Å². The van der Waals surface area contributed by atoms with Crippen LogP contribution in [0.3, 0.4) is 0 Å². The van der Waals surface area contributed by atoms with Crippen LogP contribution in [0.4, 0.5) is 0 Å². The Kier molecular flexibility index (Phi) is 2.90. The summed E-state index contributed by atoms with van der Waals surface area (Å²) >= 11 is 0. The van der Waals surface area contributed by atoms with Gasteiger partial charge in [0.05, 0.1) is 0 Å². The number of fused-ring (bicyclic) bond motifs is 1. The van der Waals surface area contributed by atoms with Gasteiger partial charge in [-0.2, -0.15) is 0 Å². The molecule has 0 aromatic heterocycles. The molecule has 0 aliphatic carbocycles. The molecule has 0 saturated carbocycles. The molecule has 3 nitrogen and oxygen atoms in total. The number of nitrogens with zero attached hydrogens (tertiary/aromatic N) is 2. The summed E-state index contributed by atoms with van der Waals surface area (Å²) in [5.74, 6) is 0.655. The third-order valence-corrected chi connectivity index (χ3v) is 2.97. The van der Waals surface area contributed by atoms with Crippen molar-refractivity contribution in [3.63, 3.8) is 0 Å². The van der Waals surface area contributed by atoms with Crippen molar-refractivity contribution in [1.82, 2.24) is 4.90 Å². The van der Waals surface area contributed by atoms with E-state index in [0.717, 1.165) is 25.9 Å². The van der Waals surface area contributed by atoms with Crippen molar-refractivity contribution in [2.45, 2.75) is 12.8 Å². The molecule has 0 unspecified atom stereocenters. The minimum Gasteiger partial charge on any atom is -0.370 e. The molecule has 0 saturated heterocycles. The standard InChI is InChI=1S/C12H17N3/c1-14-12(13)15-8-6-10-4-2-3-5-11(10)7-9-15/h2-5H,6-9H2,1H3,(H2,13,14). The second-order valence-corrected chi connectivity index (χ2v) is 3.84. The predicted molar refractivity (Wildman–Crippen MR) is 63.0 cm³/mol. The van der Waals surface area contributed by atoms with Crippen LogP contribution >= 0.6 is 0 Å². The van der Waals surface area contributed by atoms with Crippen LogP contribution in [-0.2, 0) is 12.8 Å². The summed E-state index contributed by atoms with van der Waals surface area (Å²) in [6.07, 6.45) is 2.12. The molecule has 0 amide bonds. The minimum absolute atomic E-state index is 0.655. The summed E-state index contributed by atoms with van der Waals surface area (Å²) in [5, 5.41) is 0. The highest BCUT2D eigenvalue weighted by Gasteiger charge is 2.14. The van der Waals surface area contributed by atoms with Crippen molar-refractivity contribution in [3.05, 3.63) is 35.4 Å². The second kappa shape index (κ2) is 4.34. The largest absolute Gasteiger partial charge is 0.370 e. The molecule has 1 aromatic carbocycles. The fraction of sp³-hybridized carbons (Fsp3) is 0.417. The average Bonchev–Trinajstić information content (AvgIpc) is 2.50. The van der Waals surface area contributed by atoms with Gasteiger partial charge in [-0.1, -0.05) is 24.3 Å². The third-order valence-electron chi connectivity index (χ3n) is 2.97. The van der Waals surface area contributed by atoms with E-state index >= 15 is 0 Å². The van der Waals surface area contributed by atoms with Crippen LogP contribution in [-0.4, -0.2) is 31.0 Å². The molecule has 1 aliphatic heterocycles. The van der Waals surface area contributed by atoms with Gasteiger partial charge >= 0.3 is 0 Å². The van der Waals surface area contributed by atoms with Gasteiger partial charge in [-0.15, -0.1) is 0 Å². The number of aliphatic imine (C=N–C) groups is 1. The number of rotatable bonds is 0. The van der Waals surface area contributed by atoms with E-state index in [1.165, 1.54) is 11.1 Å². The molecule has 0 atom stereocenters. The molecule has 0 radical (unpaired) electrons. The minimum atomic E-state index is 0.655. The van der Waals surface area contributed by atoms with E-state index in [0.29, 0.717) is 5.96 Å². The first-order chi connectivity index (χ1) is 7.31. The van der Waals surface area contributed by atoms with E-state index in [9.17, 15) is 0 Å². The average molecular weight is 203 g/mol.